The third kappa shape index (κ3) is 4.19. The van der Waals surface area contributed by atoms with Gasteiger partial charge in [-0.1, -0.05) is 29.8 Å². The summed E-state index contributed by atoms with van der Waals surface area (Å²) in [6.45, 7) is 3.76. The van der Waals surface area contributed by atoms with Crippen molar-refractivity contribution in [3.8, 4) is 16.3 Å². The number of nitrogens with zero attached hydrogens (tertiary/aromatic N) is 1. The van der Waals surface area contributed by atoms with Crippen LogP contribution in [0, 0.1) is 6.92 Å². The Morgan fingerprint density at radius 3 is 2.42 bits per heavy atom. The molecule has 0 saturated carbocycles. The maximum atomic E-state index is 12.7. The maximum Gasteiger partial charge on any atom is 0.416 e. The van der Waals surface area contributed by atoms with E-state index >= 15 is 0 Å². The van der Waals surface area contributed by atoms with E-state index in [1.165, 1.54) is 23.5 Å². The molecule has 136 valence electrons. The second-order valence-electron chi connectivity index (χ2n) is 5.76. The molecule has 1 atom stereocenters. The average molecular weight is 398 g/mol. The molecule has 7 heteroatoms. The minimum Gasteiger partial charge on any atom is -0.485 e. The number of halogens is 4. The zero-order valence-electron chi connectivity index (χ0n) is 14.0. The number of ether oxygens (including phenoxy) is 1. The van der Waals surface area contributed by atoms with E-state index in [-0.39, 0.29) is 6.10 Å². The molecule has 0 aliphatic heterocycles. The van der Waals surface area contributed by atoms with Gasteiger partial charge in [0.15, 0.2) is 0 Å². The van der Waals surface area contributed by atoms with E-state index in [0.717, 1.165) is 22.7 Å². The molecule has 26 heavy (non-hydrogen) atoms. The third-order valence-electron chi connectivity index (χ3n) is 3.77. The van der Waals surface area contributed by atoms with Crippen LogP contribution in [-0.4, -0.2) is 4.98 Å². The number of aryl methyl sites for hydroxylation is 1. The van der Waals surface area contributed by atoms with Crippen LogP contribution in [0.5, 0.6) is 5.75 Å². The van der Waals surface area contributed by atoms with Crippen LogP contribution < -0.4 is 4.74 Å². The second kappa shape index (κ2) is 7.29. The minimum absolute atomic E-state index is 0.255. The molecule has 0 saturated heterocycles. The molecule has 0 fully saturated rings. The number of hydrogen-bond acceptors (Lipinski definition) is 3. The smallest absolute Gasteiger partial charge is 0.416 e. The van der Waals surface area contributed by atoms with Crippen molar-refractivity contribution >= 4 is 22.9 Å². The lowest BCUT2D eigenvalue weighted by Crippen LogP contribution is -2.03. The number of rotatable bonds is 4. The van der Waals surface area contributed by atoms with Gasteiger partial charge < -0.3 is 4.74 Å². The molecular weight excluding hydrogens is 383 g/mol. The lowest BCUT2D eigenvalue weighted by Gasteiger charge is -2.13. The van der Waals surface area contributed by atoms with Crippen molar-refractivity contribution in [3.63, 3.8) is 0 Å². The molecule has 1 aromatic heterocycles. The quantitative estimate of drug-likeness (QED) is 0.476. The molecule has 0 aliphatic carbocycles. The largest absolute Gasteiger partial charge is 0.485 e. The fourth-order valence-corrected chi connectivity index (χ4v) is 3.74. The molecule has 2 nitrogen and oxygen atoms in total. The predicted octanol–water partition coefficient (Wildman–Crippen LogP) is 6.93. The van der Waals surface area contributed by atoms with Crippen molar-refractivity contribution in [3.05, 3.63) is 69.7 Å². The van der Waals surface area contributed by atoms with Crippen LogP contribution in [0.15, 0.2) is 48.5 Å². The van der Waals surface area contributed by atoms with Gasteiger partial charge >= 0.3 is 6.18 Å². The first kappa shape index (κ1) is 18.7. The molecular formula is C19H15ClF3NOS. The Kier molecular flexibility index (Phi) is 5.25. The van der Waals surface area contributed by atoms with Crippen LogP contribution in [0.4, 0.5) is 13.2 Å². The molecule has 0 amide bonds. The Hall–Kier alpha value is -2.05. The summed E-state index contributed by atoms with van der Waals surface area (Å²) in [6, 6.07) is 12.1. The van der Waals surface area contributed by atoms with E-state index in [9.17, 15) is 13.2 Å². The summed E-state index contributed by atoms with van der Waals surface area (Å²) in [5.74, 6) is 0.647. The zero-order valence-corrected chi connectivity index (χ0v) is 15.5. The molecule has 0 spiro atoms. The van der Waals surface area contributed by atoms with Crippen molar-refractivity contribution in [1.82, 2.24) is 4.98 Å². The van der Waals surface area contributed by atoms with Crippen LogP contribution in [0.25, 0.3) is 10.6 Å². The van der Waals surface area contributed by atoms with Crippen LogP contribution >= 0.6 is 22.9 Å². The molecule has 0 aliphatic rings. The summed E-state index contributed by atoms with van der Waals surface area (Å²) in [5, 5.41) is 1.24. The average Bonchev–Trinajstić information content (AvgIpc) is 2.96. The van der Waals surface area contributed by atoms with Gasteiger partial charge in [-0.05, 0) is 44.2 Å². The monoisotopic (exact) mass is 397 g/mol. The number of hydrogen-bond donors (Lipinski definition) is 0. The van der Waals surface area contributed by atoms with E-state index in [1.54, 1.807) is 18.2 Å². The normalized spacial score (nSPS) is 12.8. The molecule has 2 aromatic carbocycles. The molecule has 3 aromatic rings. The van der Waals surface area contributed by atoms with E-state index in [1.807, 2.05) is 19.9 Å². The summed E-state index contributed by atoms with van der Waals surface area (Å²) in [4.78, 5) is 5.40. The lowest BCUT2D eigenvalue weighted by molar-refractivity contribution is -0.137. The summed E-state index contributed by atoms with van der Waals surface area (Å²) in [5.41, 5.74) is 0.763. The highest BCUT2D eigenvalue weighted by Gasteiger charge is 2.30. The fraction of sp³-hybridized carbons (Fsp3) is 0.211. The van der Waals surface area contributed by atoms with E-state index in [4.69, 9.17) is 16.3 Å². The molecule has 3 rings (SSSR count). The fourth-order valence-electron chi connectivity index (χ4n) is 2.51. The minimum atomic E-state index is -4.35. The van der Waals surface area contributed by atoms with Crippen molar-refractivity contribution in [2.24, 2.45) is 0 Å². The summed E-state index contributed by atoms with van der Waals surface area (Å²) >= 11 is 7.37. The molecule has 0 radical (unpaired) electrons. The number of alkyl halides is 3. The Bertz CT molecular complexity index is 906. The van der Waals surface area contributed by atoms with Gasteiger partial charge in [-0.2, -0.15) is 13.2 Å². The first-order valence-corrected chi connectivity index (χ1v) is 9.00. The van der Waals surface area contributed by atoms with Gasteiger partial charge in [0, 0.05) is 10.6 Å². The molecule has 1 unspecified atom stereocenters. The van der Waals surface area contributed by atoms with Crippen molar-refractivity contribution in [2.45, 2.75) is 26.1 Å². The SMILES string of the molecule is Cc1nc(-c2ccc(C(F)(F)F)cc2)sc1C(C)Oc1cccc(Cl)c1. The van der Waals surface area contributed by atoms with Gasteiger partial charge in [0.05, 0.1) is 16.1 Å². The van der Waals surface area contributed by atoms with E-state index in [2.05, 4.69) is 4.98 Å². The number of benzene rings is 2. The highest BCUT2D eigenvalue weighted by Crippen LogP contribution is 2.36. The third-order valence-corrected chi connectivity index (χ3v) is 5.37. The van der Waals surface area contributed by atoms with Crippen molar-refractivity contribution < 1.29 is 17.9 Å². The Morgan fingerprint density at radius 2 is 1.81 bits per heavy atom. The van der Waals surface area contributed by atoms with Crippen molar-refractivity contribution in [1.29, 1.82) is 0 Å². The van der Waals surface area contributed by atoms with Gasteiger partial charge in [-0.15, -0.1) is 11.3 Å². The Morgan fingerprint density at radius 1 is 1.12 bits per heavy atom. The van der Waals surface area contributed by atoms with Gasteiger partial charge in [-0.25, -0.2) is 4.98 Å². The van der Waals surface area contributed by atoms with Gasteiger partial charge in [0.1, 0.15) is 16.9 Å². The van der Waals surface area contributed by atoms with Gasteiger partial charge in [-0.3, -0.25) is 0 Å². The van der Waals surface area contributed by atoms with Gasteiger partial charge in [0.2, 0.25) is 0 Å². The van der Waals surface area contributed by atoms with E-state index < -0.39 is 11.7 Å². The topological polar surface area (TPSA) is 22.1 Å². The molecule has 0 N–H and O–H groups in total. The highest BCUT2D eigenvalue weighted by molar-refractivity contribution is 7.15. The number of thiazole rings is 1. The first-order chi connectivity index (χ1) is 12.2. The zero-order chi connectivity index (χ0) is 18.9. The van der Waals surface area contributed by atoms with Crippen LogP contribution in [0.3, 0.4) is 0 Å². The van der Waals surface area contributed by atoms with Crippen LogP contribution in [0.2, 0.25) is 5.02 Å². The Balaban J connectivity index is 1.82. The van der Waals surface area contributed by atoms with E-state index in [0.29, 0.717) is 21.3 Å². The van der Waals surface area contributed by atoms with Crippen LogP contribution in [-0.2, 0) is 6.18 Å². The summed E-state index contributed by atoms with van der Waals surface area (Å²) < 4.78 is 44.0. The highest BCUT2D eigenvalue weighted by atomic mass is 35.5. The summed E-state index contributed by atoms with van der Waals surface area (Å²) in [6.07, 6.45) is -4.60. The van der Waals surface area contributed by atoms with Crippen LogP contribution in [0.1, 0.15) is 29.2 Å². The second-order valence-corrected chi connectivity index (χ2v) is 7.23. The maximum absolute atomic E-state index is 12.7. The predicted molar refractivity (Wildman–Crippen MR) is 97.8 cm³/mol. The molecule has 1 heterocycles. The first-order valence-electron chi connectivity index (χ1n) is 7.81. The van der Waals surface area contributed by atoms with Crippen molar-refractivity contribution in [2.75, 3.05) is 0 Å². The standard InChI is InChI=1S/C19H15ClF3NOS/c1-11-17(12(2)25-16-5-3-4-15(20)10-16)26-18(24-11)13-6-8-14(9-7-13)19(21,22)23/h3-10,12H,1-2H3. The summed E-state index contributed by atoms with van der Waals surface area (Å²) in [7, 11) is 0. The Labute approximate surface area is 158 Å². The number of aromatic nitrogens is 1. The lowest BCUT2D eigenvalue weighted by atomic mass is 10.1. The van der Waals surface area contributed by atoms with Gasteiger partial charge in [0.25, 0.3) is 0 Å². The molecule has 0 bridgehead atoms.